The monoisotopic (exact) mass is 302 g/mol. The Bertz CT molecular complexity index is 321. The van der Waals surface area contributed by atoms with Crippen molar-refractivity contribution in [3.8, 4) is 0 Å². The Morgan fingerprint density at radius 1 is 1.29 bits per heavy atom. The van der Waals surface area contributed by atoms with Crippen LogP contribution < -0.4 is 5.32 Å². The fourth-order valence-corrected chi connectivity index (χ4v) is 2.08. The van der Waals surface area contributed by atoms with Crippen LogP contribution >= 0.6 is 0 Å². The van der Waals surface area contributed by atoms with Crippen LogP contribution in [0.5, 0.6) is 0 Å². The summed E-state index contributed by atoms with van der Waals surface area (Å²) in [6, 6.07) is -0.134. The second kappa shape index (κ2) is 10.4. The first-order valence-corrected chi connectivity index (χ1v) is 7.59. The van der Waals surface area contributed by atoms with E-state index in [1.165, 1.54) is 0 Å². The first kappa shape index (κ1) is 19.7. The third-order valence-corrected chi connectivity index (χ3v) is 3.52. The van der Waals surface area contributed by atoms with E-state index in [1.807, 2.05) is 27.7 Å². The summed E-state index contributed by atoms with van der Waals surface area (Å²) in [7, 11) is 1.59. The van der Waals surface area contributed by atoms with Crippen LogP contribution in [0.4, 0.5) is 4.79 Å². The third-order valence-electron chi connectivity index (χ3n) is 3.52. The molecule has 0 aliphatic rings. The van der Waals surface area contributed by atoms with Gasteiger partial charge in [-0.1, -0.05) is 20.8 Å². The molecule has 6 nitrogen and oxygen atoms in total. The molecule has 0 bridgehead atoms. The highest BCUT2D eigenvalue weighted by Crippen LogP contribution is 2.11. The Labute approximate surface area is 127 Å². The maximum Gasteiger partial charge on any atom is 0.317 e. The van der Waals surface area contributed by atoms with Gasteiger partial charge < -0.3 is 20.1 Å². The number of carbonyl (C=O) groups is 2. The van der Waals surface area contributed by atoms with E-state index in [1.54, 1.807) is 12.0 Å². The standard InChI is InChI=1S/C15H30N2O4/c1-6-12(4)17(7-8-21-5)15(20)16-10-13(14(18)19)9-11(2)3/h11-13H,6-10H2,1-5H3,(H,16,20)(H,18,19). The molecular weight excluding hydrogens is 272 g/mol. The molecule has 0 fully saturated rings. The molecule has 2 N–H and O–H groups in total. The van der Waals surface area contributed by atoms with Gasteiger partial charge in [-0.15, -0.1) is 0 Å². The van der Waals surface area contributed by atoms with Crippen molar-refractivity contribution in [3.63, 3.8) is 0 Å². The number of carboxylic acids is 1. The van der Waals surface area contributed by atoms with Crippen LogP contribution in [0.1, 0.15) is 40.5 Å². The Hall–Kier alpha value is -1.30. The van der Waals surface area contributed by atoms with Crippen LogP contribution in [-0.4, -0.2) is 54.9 Å². The largest absolute Gasteiger partial charge is 0.481 e. The summed E-state index contributed by atoms with van der Waals surface area (Å²) in [5.41, 5.74) is 0. The van der Waals surface area contributed by atoms with Gasteiger partial charge in [0.25, 0.3) is 0 Å². The summed E-state index contributed by atoms with van der Waals surface area (Å²) in [6.45, 7) is 9.05. The molecule has 0 aromatic rings. The van der Waals surface area contributed by atoms with Gasteiger partial charge in [0.1, 0.15) is 0 Å². The van der Waals surface area contributed by atoms with Crippen LogP contribution in [0.15, 0.2) is 0 Å². The van der Waals surface area contributed by atoms with Gasteiger partial charge in [-0.05, 0) is 25.7 Å². The van der Waals surface area contributed by atoms with Gasteiger partial charge in [-0.3, -0.25) is 4.79 Å². The molecule has 2 unspecified atom stereocenters. The van der Waals surface area contributed by atoms with Crippen molar-refractivity contribution in [3.05, 3.63) is 0 Å². The molecule has 6 heteroatoms. The maximum atomic E-state index is 12.2. The number of hydrogen-bond donors (Lipinski definition) is 2. The molecule has 0 saturated heterocycles. The lowest BCUT2D eigenvalue weighted by atomic mass is 9.97. The fourth-order valence-electron chi connectivity index (χ4n) is 2.08. The van der Waals surface area contributed by atoms with Crippen LogP contribution in [-0.2, 0) is 9.53 Å². The molecule has 0 aromatic carbocycles. The smallest absolute Gasteiger partial charge is 0.317 e. The van der Waals surface area contributed by atoms with Crippen molar-refractivity contribution in [2.75, 3.05) is 26.8 Å². The highest BCUT2D eigenvalue weighted by molar-refractivity contribution is 5.76. The van der Waals surface area contributed by atoms with Crippen LogP contribution in [0, 0.1) is 11.8 Å². The predicted octanol–water partition coefficient (Wildman–Crippen LogP) is 2.19. The zero-order chi connectivity index (χ0) is 16.4. The van der Waals surface area contributed by atoms with E-state index in [0.29, 0.717) is 19.6 Å². The molecule has 0 rings (SSSR count). The number of rotatable bonds is 10. The SMILES string of the molecule is CCC(C)N(CCOC)C(=O)NCC(CC(C)C)C(=O)O. The van der Waals surface area contributed by atoms with E-state index in [2.05, 4.69) is 5.32 Å². The van der Waals surface area contributed by atoms with E-state index < -0.39 is 11.9 Å². The first-order chi connectivity index (χ1) is 9.83. The summed E-state index contributed by atoms with van der Waals surface area (Å²) in [5.74, 6) is -1.13. The van der Waals surface area contributed by atoms with Gasteiger partial charge in [-0.2, -0.15) is 0 Å². The number of amides is 2. The molecule has 0 spiro atoms. The second-order valence-electron chi connectivity index (χ2n) is 5.79. The lowest BCUT2D eigenvalue weighted by Crippen LogP contribution is -2.48. The van der Waals surface area contributed by atoms with Crippen LogP contribution in [0.25, 0.3) is 0 Å². The first-order valence-electron chi connectivity index (χ1n) is 7.59. The molecule has 0 saturated carbocycles. The second-order valence-corrected chi connectivity index (χ2v) is 5.79. The Morgan fingerprint density at radius 2 is 1.90 bits per heavy atom. The van der Waals surface area contributed by atoms with Crippen molar-refractivity contribution in [1.29, 1.82) is 0 Å². The number of urea groups is 1. The Balaban J connectivity index is 4.54. The van der Waals surface area contributed by atoms with E-state index in [-0.39, 0.29) is 24.5 Å². The van der Waals surface area contributed by atoms with Crippen LogP contribution in [0.3, 0.4) is 0 Å². The molecule has 0 aliphatic heterocycles. The summed E-state index contributed by atoms with van der Waals surface area (Å²) in [6.07, 6.45) is 1.39. The van der Waals surface area contributed by atoms with Crippen molar-refractivity contribution in [2.24, 2.45) is 11.8 Å². The van der Waals surface area contributed by atoms with E-state index in [0.717, 1.165) is 6.42 Å². The fraction of sp³-hybridized carbons (Fsp3) is 0.867. The number of carbonyl (C=O) groups excluding carboxylic acids is 1. The molecule has 2 amide bonds. The van der Waals surface area contributed by atoms with Gasteiger partial charge >= 0.3 is 12.0 Å². The third kappa shape index (κ3) is 7.90. The summed E-state index contributed by atoms with van der Waals surface area (Å²) in [5, 5.41) is 11.9. The number of aliphatic carboxylic acids is 1. The highest BCUT2D eigenvalue weighted by atomic mass is 16.5. The average Bonchev–Trinajstić information content (AvgIpc) is 2.42. The summed E-state index contributed by atoms with van der Waals surface area (Å²) < 4.78 is 5.02. The molecule has 21 heavy (non-hydrogen) atoms. The quantitative estimate of drug-likeness (QED) is 0.648. The Kier molecular flexibility index (Phi) is 9.78. The number of ether oxygens (including phenoxy) is 1. The summed E-state index contributed by atoms with van der Waals surface area (Å²) >= 11 is 0. The van der Waals surface area contributed by atoms with Crippen molar-refractivity contribution in [2.45, 2.75) is 46.6 Å². The van der Waals surface area contributed by atoms with E-state index in [4.69, 9.17) is 4.74 Å². The van der Waals surface area contributed by atoms with Crippen molar-refractivity contribution in [1.82, 2.24) is 10.2 Å². The topological polar surface area (TPSA) is 78.9 Å². The van der Waals surface area contributed by atoms with Gasteiger partial charge in [0.05, 0.1) is 12.5 Å². The zero-order valence-electron chi connectivity index (χ0n) is 13.9. The van der Waals surface area contributed by atoms with Gasteiger partial charge in [0.15, 0.2) is 0 Å². The molecule has 124 valence electrons. The lowest BCUT2D eigenvalue weighted by Gasteiger charge is -2.29. The molecule has 2 atom stereocenters. The normalized spacial score (nSPS) is 13.8. The minimum absolute atomic E-state index is 0.0912. The lowest BCUT2D eigenvalue weighted by molar-refractivity contribution is -0.142. The van der Waals surface area contributed by atoms with Gasteiger partial charge in [0, 0.05) is 26.2 Å². The number of methoxy groups -OCH3 is 1. The summed E-state index contributed by atoms with van der Waals surface area (Å²) in [4.78, 5) is 25.1. The zero-order valence-corrected chi connectivity index (χ0v) is 13.9. The highest BCUT2D eigenvalue weighted by Gasteiger charge is 2.23. The number of nitrogens with one attached hydrogen (secondary N) is 1. The average molecular weight is 302 g/mol. The maximum absolute atomic E-state index is 12.2. The van der Waals surface area contributed by atoms with E-state index in [9.17, 15) is 14.7 Å². The number of nitrogens with zero attached hydrogens (tertiary/aromatic N) is 1. The van der Waals surface area contributed by atoms with Crippen molar-refractivity contribution >= 4 is 12.0 Å². The minimum Gasteiger partial charge on any atom is -0.481 e. The Morgan fingerprint density at radius 3 is 2.33 bits per heavy atom. The molecule has 0 aliphatic carbocycles. The number of hydrogen-bond acceptors (Lipinski definition) is 3. The molecular formula is C15H30N2O4. The predicted molar refractivity (Wildman–Crippen MR) is 82.3 cm³/mol. The number of carboxylic acid groups (broad SMARTS) is 1. The molecule has 0 heterocycles. The molecule has 0 aromatic heterocycles. The van der Waals surface area contributed by atoms with Crippen molar-refractivity contribution < 1.29 is 19.4 Å². The van der Waals surface area contributed by atoms with Crippen LogP contribution in [0.2, 0.25) is 0 Å². The minimum atomic E-state index is -0.865. The van der Waals surface area contributed by atoms with E-state index >= 15 is 0 Å². The van der Waals surface area contributed by atoms with Gasteiger partial charge in [0.2, 0.25) is 0 Å². The molecule has 0 radical (unpaired) electrons. The van der Waals surface area contributed by atoms with Gasteiger partial charge in [-0.25, -0.2) is 4.79 Å².